The molecule has 2 fully saturated rings. The minimum Gasteiger partial charge on any atom is -0.465 e. The average molecular weight is 347 g/mol. The van der Waals surface area contributed by atoms with E-state index in [-0.39, 0.29) is 5.97 Å². The molecule has 0 saturated heterocycles. The van der Waals surface area contributed by atoms with Crippen molar-refractivity contribution in [3.05, 3.63) is 35.9 Å². The molecule has 2 aliphatic rings. The third-order valence-corrected chi connectivity index (χ3v) is 7.76. The second-order valence-electron chi connectivity index (χ2n) is 8.39. The number of hydrogen-bond acceptors (Lipinski definition) is 3. The number of carbonyl (C=O) groups excluding carboxylic acids is 1. The minimum absolute atomic E-state index is 0.0504. The van der Waals surface area contributed by atoms with Gasteiger partial charge in [-0.25, -0.2) is 0 Å². The van der Waals surface area contributed by atoms with Gasteiger partial charge in [-0.15, -0.1) is 0 Å². The summed E-state index contributed by atoms with van der Waals surface area (Å²) < 4.78 is 5.77. The van der Waals surface area contributed by atoms with E-state index >= 15 is 0 Å². The van der Waals surface area contributed by atoms with Crippen molar-refractivity contribution in [3.63, 3.8) is 0 Å². The predicted molar refractivity (Wildman–Crippen MR) is 101 cm³/mol. The first-order valence-electron chi connectivity index (χ1n) is 9.22. The van der Waals surface area contributed by atoms with E-state index in [1.54, 1.807) is 0 Å². The Morgan fingerprint density at radius 1 is 1.17 bits per heavy atom. The molecule has 3 unspecified atom stereocenters. The van der Waals surface area contributed by atoms with Crippen LogP contribution in [0.15, 0.2) is 30.3 Å². The lowest BCUT2D eigenvalue weighted by Crippen LogP contribution is -2.35. The summed E-state index contributed by atoms with van der Waals surface area (Å²) in [4.78, 5) is 11.9. The van der Waals surface area contributed by atoms with Crippen LogP contribution in [0.1, 0.15) is 52.0 Å². The van der Waals surface area contributed by atoms with Crippen molar-refractivity contribution in [1.29, 1.82) is 0 Å². The molecule has 0 N–H and O–H groups in total. The molecule has 0 radical (unpaired) electrons. The van der Waals surface area contributed by atoms with Gasteiger partial charge in [0.15, 0.2) is 0 Å². The monoisotopic (exact) mass is 346 g/mol. The number of carbonyl (C=O) groups is 1. The van der Waals surface area contributed by atoms with Gasteiger partial charge in [-0.3, -0.25) is 4.79 Å². The van der Waals surface area contributed by atoms with E-state index < -0.39 is 0 Å². The molecule has 0 amide bonds. The fourth-order valence-corrected chi connectivity index (χ4v) is 6.04. The van der Waals surface area contributed by atoms with E-state index in [1.165, 1.54) is 24.8 Å². The van der Waals surface area contributed by atoms with E-state index in [0.717, 1.165) is 24.0 Å². The van der Waals surface area contributed by atoms with Crippen LogP contribution in [0, 0.1) is 17.3 Å². The SMILES string of the molecule is CC1(C)CC2CC1CC2(C)SCCC(=O)OCCc1ccccc1. The molecule has 0 spiro atoms. The van der Waals surface area contributed by atoms with Crippen LogP contribution in [-0.4, -0.2) is 23.1 Å². The zero-order valence-corrected chi connectivity index (χ0v) is 16.0. The maximum absolute atomic E-state index is 11.9. The number of ether oxygens (including phenoxy) is 1. The lowest BCUT2D eigenvalue weighted by molar-refractivity contribution is -0.143. The molecule has 24 heavy (non-hydrogen) atoms. The summed E-state index contributed by atoms with van der Waals surface area (Å²) >= 11 is 2.01. The summed E-state index contributed by atoms with van der Waals surface area (Å²) in [6, 6.07) is 10.2. The van der Waals surface area contributed by atoms with Crippen molar-refractivity contribution in [1.82, 2.24) is 0 Å². The Labute approximate surface area is 150 Å². The van der Waals surface area contributed by atoms with Crippen LogP contribution in [0.4, 0.5) is 0 Å². The van der Waals surface area contributed by atoms with Crippen LogP contribution in [0.5, 0.6) is 0 Å². The number of fused-ring (bicyclic) bond motifs is 2. The van der Waals surface area contributed by atoms with Crippen molar-refractivity contribution in [2.45, 2.75) is 57.6 Å². The first-order valence-corrected chi connectivity index (χ1v) is 10.2. The van der Waals surface area contributed by atoms with Crippen LogP contribution < -0.4 is 0 Å². The highest BCUT2D eigenvalue weighted by Gasteiger charge is 2.55. The van der Waals surface area contributed by atoms with E-state index in [4.69, 9.17) is 4.74 Å². The van der Waals surface area contributed by atoms with E-state index in [0.29, 0.717) is 23.2 Å². The molecular weight excluding hydrogens is 316 g/mol. The van der Waals surface area contributed by atoms with Crippen molar-refractivity contribution in [2.24, 2.45) is 17.3 Å². The number of hydrogen-bond donors (Lipinski definition) is 0. The first-order chi connectivity index (χ1) is 11.4. The zero-order chi connectivity index (χ0) is 17.2. The lowest BCUT2D eigenvalue weighted by atomic mass is 9.73. The van der Waals surface area contributed by atoms with Crippen LogP contribution in [-0.2, 0) is 16.0 Å². The number of rotatable bonds is 7. The maximum atomic E-state index is 11.9. The average Bonchev–Trinajstić information content (AvgIpc) is 3.00. The number of benzene rings is 1. The molecule has 1 aromatic rings. The highest BCUT2D eigenvalue weighted by molar-refractivity contribution is 8.00. The molecule has 2 saturated carbocycles. The molecule has 2 bridgehead atoms. The van der Waals surface area contributed by atoms with Crippen molar-refractivity contribution in [2.75, 3.05) is 12.4 Å². The third-order valence-electron chi connectivity index (χ3n) is 6.20. The summed E-state index contributed by atoms with van der Waals surface area (Å²) in [5.41, 5.74) is 1.75. The van der Waals surface area contributed by atoms with Gasteiger partial charge >= 0.3 is 5.97 Å². The van der Waals surface area contributed by atoms with Crippen LogP contribution in [0.3, 0.4) is 0 Å². The van der Waals surface area contributed by atoms with Crippen molar-refractivity contribution >= 4 is 17.7 Å². The smallest absolute Gasteiger partial charge is 0.306 e. The van der Waals surface area contributed by atoms with Crippen LogP contribution >= 0.6 is 11.8 Å². The zero-order valence-electron chi connectivity index (χ0n) is 15.2. The quantitative estimate of drug-likeness (QED) is 0.642. The highest BCUT2D eigenvalue weighted by atomic mass is 32.2. The van der Waals surface area contributed by atoms with E-state index in [2.05, 4.69) is 32.9 Å². The van der Waals surface area contributed by atoms with Crippen LogP contribution in [0.25, 0.3) is 0 Å². The highest BCUT2D eigenvalue weighted by Crippen LogP contribution is 2.63. The Bertz CT molecular complexity index is 568. The van der Waals surface area contributed by atoms with Gasteiger partial charge in [-0.2, -0.15) is 11.8 Å². The van der Waals surface area contributed by atoms with Crippen LogP contribution in [0.2, 0.25) is 0 Å². The van der Waals surface area contributed by atoms with Gasteiger partial charge in [0.2, 0.25) is 0 Å². The fourth-order valence-electron chi connectivity index (χ4n) is 4.57. The van der Waals surface area contributed by atoms with E-state index in [1.807, 2.05) is 30.0 Å². The van der Waals surface area contributed by atoms with Gasteiger partial charge in [0, 0.05) is 16.9 Å². The number of esters is 1. The summed E-state index contributed by atoms with van der Waals surface area (Å²) in [5.74, 6) is 2.55. The van der Waals surface area contributed by atoms with Gasteiger partial charge in [-0.1, -0.05) is 51.1 Å². The molecule has 0 aromatic heterocycles. The molecule has 2 aliphatic carbocycles. The fraction of sp³-hybridized carbons (Fsp3) is 0.667. The van der Waals surface area contributed by atoms with Gasteiger partial charge in [0.1, 0.15) is 0 Å². The Balaban J connectivity index is 1.34. The third kappa shape index (κ3) is 3.99. The minimum atomic E-state index is -0.0504. The molecular formula is C21H30O2S. The van der Waals surface area contributed by atoms with Crippen molar-refractivity contribution < 1.29 is 9.53 Å². The predicted octanol–water partition coefficient (Wildman–Crippen LogP) is 5.11. The first kappa shape index (κ1) is 17.8. The standard InChI is InChI=1S/C21H30O2S/c1-20(2)14-18-13-17(20)15-21(18,3)24-12-10-19(22)23-11-9-16-7-5-4-6-8-16/h4-8,17-18H,9-15H2,1-3H3. The summed E-state index contributed by atoms with van der Waals surface area (Å²) in [7, 11) is 0. The second-order valence-corrected chi connectivity index (χ2v) is 10.0. The van der Waals surface area contributed by atoms with Gasteiger partial charge in [0.25, 0.3) is 0 Å². The largest absolute Gasteiger partial charge is 0.465 e. The Hall–Kier alpha value is -0.960. The summed E-state index contributed by atoms with van der Waals surface area (Å²) in [6.07, 6.45) is 5.39. The number of thioether (sulfide) groups is 1. The topological polar surface area (TPSA) is 26.3 Å². The molecule has 3 heteroatoms. The molecule has 2 nitrogen and oxygen atoms in total. The Morgan fingerprint density at radius 2 is 1.92 bits per heavy atom. The lowest BCUT2D eigenvalue weighted by Gasteiger charge is -2.40. The molecule has 0 aliphatic heterocycles. The summed E-state index contributed by atoms with van der Waals surface area (Å²) in [6.45, 7) is 7.75. The second kappa shape index (κ2) is 7.11. The maximum Gasteiger partial charge on any atom is 0.306 e. The van der Waals surface area contributed by atoms with Gasteiger partial charge < -0.3 is 4.74 Å². The van der Waals surface area contributed by atoms with Crippen molar-refractivity contribution in [3.8, 4) is 0 Å². The normalized spacial score (nSPS) is 30.5. The Kier molecular flexibility index (Phi) is 5.29. The van der Waals surface area contributed by atoms with E-state index in [9.17, 15) is 4.79 Å². The molecule has 132 valence electrons. The molecule has 1 aromatic carbocycles. The summed E-state index contributed by atoms with van der Waals surface area (Å²) in [5, 5.41) is 0. The molecule has 3 rings (SSSR count). The molecule has 3 atom stereocenters. The molecule has 0 heterocycles. The van der Waals surface area contributed by atoms with Gasteiger partial charge in [-0.05, 0) is 42.1 Å². The Morgan fingerprint density at radius 3 is 2.54 bits per heavy atom. The van der Waals surface area contributed by atoms with Gasteiger partial charge in [0.05, 0.1) is 13.0 Å².